The number of para-hydroxylation sites is 1. The number of hydrogen-bond donors (Lipinski definition) is 0. The third-order valence-electron chi connectivity index (χ3n) is 5.23. The Labute approximate surface area is 164 Å². The Kier molecular flexibility index (Phi) is 5.14. The van der Waals surface area contributed by atoms with E-state index in [0.29, 0.717) is 23.8 Å². The molecule has 0 unspecified atom stereocenters. The third kappa shape index (κ3) is 3.84. The topological polar surface area (TPSA) is 39.1 Å². The smallest absolute Gasteiger partial charge is 0.274 e. The van der Waals surface area contributed by atoms with Crippen LogP contribution in [-0.2, 0) is 11.2 Å². The molecule has 0 bridgehead atoms. The number of aliphatic imine (C=N–C) groups is 1. The number of hydrogen-bond acceptors (Lipinski definition) is 4. The lowest BCUT2D eigenvalue weighted by Crippen LogP contribution is -2.44. The second-order valence-corrected chi connectivity index (χ2v) is 7.49. The van der Waals surface area contributed by atoms with Crippen molar-refractivity contribution in [3.8, 4) is 0 Å². The molecule has 0 spiro atoms. The van der Waals surface area contributed by atoms with Gasteiger partial charge in [-0.25, -0.2) is 0 Å². The highest BCUT2D eigenvalue weighted by Crippen LogP contribution is 2.25. The van der Waals surface area contributed by atoms with Crippen LogP contribution in [0.2, 0.25) is 5.02 Å². The molecular weight excluding hydrogens is 360 g/mol. The van der Waals surface area contributed by atoms with Gasteiger partial charge in [-0.1, -0.05) is 29.8 Å². The van der Waals surface area contributed by atoms with Gasteiger partial charge in [-0.05, 0) is 42.9 Å². The molecule has 2 aliphatic heterocycles. The van der Waals surface area contributed by atoms with Gasteiger partial charge in [0.2, 0.25) is 0 Å². The van der Waals surface area contributed by atoms with Crippen molar-refractivity contribution in [1.29, 1.82) is 0 Å². The normalized spacial score (nSPS) is 18.1. The molecule has 6 heteroatoms. The minimum absolute atomic E-state index is 0.0227. The van der Waals surface area contributed by atoms with E-state index in [-0.39, 0.29) is 5.91 Å². The van der Waals surface area contributed by atoms with Gasteiger partial charge in [0.1, 0.15) is 12.4 Å². The molecule has 2 aromatic carbocycles. The average Bonchev–Trinajstić information content (AvgIpc) is 3.04. The van der Waals surface area contributed by atoms with Crippen molar-refractivity contribution < 1.29 is 4.79 Å². The predicted octanol–water partition coefficient (Wildman–Crippen LogP) is 3.08. The van der Waals surface area contributed by atoms with E-state index < -0.39 is 0 Å². The van der Waals surface area contributed by atoms with Gasteiger partial charge in [0.05, 0.1) is 0 Å². The molecule has 1 saturated heterocycles. The van der Waals surface area contributed by atoms with Crippen LogP contribution in [-0.4, -0.2) is 56.4 Å². The Morgan fingerprint density at radius 2 is 1.70 bits per heavy atom. The SMILES string of the molecule is CN1CCN(c2ccccc2CC2=NCN(c3ccc(Cl)cc3)C2=O)CC1. The van der Waals surface area contributed by atoms with Crippen LogP contribution in [0, 0.1) is 0 Å². The Balaban J connectivity index is 1.50. The highest BCUT2D eigenvalue weighted by molar-refractivity contribution is 6.45. The first-order valence-corrected chi connectivity index (χ1v) is 9.62. The van der Waals surface area contributed by atoms with Gasteiger partial charge in [0.15, 0.2) is 0 Å². The van der Waals surface area contributed by atoms with Crippen molar-refractivity contribution in [2.24, 2.45) is 4.99 Å². The van der Waals surface area contributed by atoms with Crippen LogP contribution < -0.4 is 9.80 Å². The molecule has 27 heavy (non-hydrogen) atoms. The number of likely N-dealkylation sites (N-methyl/N-ethyl adjacent to an activating group) is 1. The molecule has 0 aromatic heterocycles. The lowest BCUT2D eigenvalue weighted by Gasteiger charge is -2.35. The van der Waals surface area contributed by atoms with Crippen molar-refractivity contribution in [3.05, 3.63) is 59.1 Å². The molecule has 1 amide bonds. The summed E-state index contributed by atoms with van der Waals surface area (Å²) in [6.45, 7) is 4.49. The Morgan fingerprint density at radius 1 is 1.00 bits per heavy atom. The maximum atomic E-state index is 12.9. The maximum absolute atomic E-state index is 12.9. The van der Waals surface area contributed by atoms with Crippen molar-refractivity contribution >= 4 is 34.6 Å². The van der Waals surface area contributed by atoms with E-state index in [4.69, 9.17) is 11.6 Å². The zero-order valence-corrected chi connectivity index (χ0v) is 16.2. The molecule has 5 nitrogen and oxygen atoms in total. The Bertz CT molecular complexity index is 857. The zero-order valence-electron chi connectivity index (χ0n) is 15.4. The molecule has 2 aliphatic rings. The Morgan fingerprint density at radius 3 is 2.44 bits per heavy atom. The van der Waals surface area contributed by atoms with Gasteiger partial charge in [0, 0.05) is 49.0 Å². The molecule has 0 N–H and O–H groups in total. The van der Waals surface area contributed by atoms with Gasteiger partial charge in [-0.3, -0.25) is 14.7 Å². The molecule has 0 atom stereocenters. The first-order valence-electron chi connectivity index (χ1n) is 9.24. The van der Waals surface area contributed by atoms with Gasteiger partial charge >= 0.3 is 0 Å². The predicted molar refractivity (Wildman–Crippen MR) is 111 cm³/mol. The number of nitrogens with zero attached hydrogens (tertiary/aromatic N) is 4. The first-order chi connectivity index (χ1) is 13.1. The lowest BCUT2D eigenvalue weighted by molar-refractivity contribution is -0.112. The van der Waals surface area contributed by atoms with Crippen molar-refractivity contribution in [2.45, 2.75) is 6.42 Å². The Hall–Kier alpha value is -2.37. The van der Waals surface area contributed by atoms with Gasteiger partial charge < -0.3 is 9.80 Å². The highest BCUT2D eigenvalue weighted by Gasteiger charge is 2.28. The number of carbonyl (C=O) groups is 1. The maximum Gasteiger partial charge on any atom is 0.274 e. The van der Waals surface area contributed by atoms with E-state index in [1.165, 1.54) is 5.69 Å². The molecular formula is C21H23ClN4O. The molecule has 0 aliphatic carbocycles. The summed E-state index contributed by atoms with van der Waals surface area (Å²) in [5, 5.41) is 0.660. The number of rotatable bonds is 4. The number of piperazine rings is 1. The molecule has 1 fully saturated rings. The van der Waals surface area contributed by atoms with Crippen LogP contribution in [0.3, 0.4) is 0 Å². The van der Waals surface area contributed by atoms with E-state index in [0.717, 1.165) is 37.4 Å². The van der Waals surface area contributed by atoms with Gasteiger partial charge in [-0.15, -0.1) is 0 Å². The summed E-state index contributed by atoms with van der Waals surface area (Å²) in [5.41, 5.74) is 3.82. The largest absolute Gasteiger partial charge is 0.369 e. The van der Waals surface area contributed by atoms with Crippen LogP contribution in [0.1, 0.15) is 5.56 Å². The summed E-state index contributed by atoms with van der Waals surface area (Å²) in [6, 6.07) is 15.7. The van der Waals surface area contributed by atoms with Crippen molar-refractivity contribution in [1.82, 2.24) is 4.90 Å². The summed E-state index contributed by atoms with van der Waals surface area (Å²) < 4.78 is 0. The summed E-state index contributed by atoms with van der Waals surface area (Å²) in [7, 11) is 2.15. The molecule has 140 valence electrons. The molecule has 0 radical (unpaired) electrons. The summed E-state index contributed by atoms with van der Waals surface area (Å²) in [5.74, 6) is -0.0227. The standard InChI is InChI=1S/C21H23ClN4O/c1-24-10-12-25(13-11-24)20-5-3-2-4-16(20)14-19-21(27)26(15-23-19)18-8-6-17(22)7-9-18/h2-9H,10-15H2,1H3. The zero-order chi connectivity index (χ0) is 18.8. The number of benzene rings is 2. The second-order valence-electron chi connectivity index (χ2n) is 7.05. The quantitative estimate of drug-likeness (QED) is 0.815. The molecule has 0 saturated carbocycles. The molecule has 2 aromatic rings. The van der Waals surface area contributed by atoms with Gasteiger partial charge in [-0.2, -0.15) is 0 Å². The monoisotopic (exact) mass is 382 g/mol. The summed E-state index contributed by atoms with van der Waals surface area (Å²) in [6.07, 6.45) is 0.561. The number of halogens is 1. The summed E-state index contributed by atoms with van der Waals surface area (Å²) in [4.78, 5) is 23.8. The fraction of sp³-hybridized carbons (Fsp3) is 0.333. The second kappa shape index (κ2) is 7.71. The fourth-order valence-corrected chi connectivity index (χ4v) is 3.72. The summed E-state index contributed by atoms with van der Waals surface area (Å²) >= 11 is 5.95. The van der Waals surface area contributed by atoms with Crippen LogP contribution in [0.4, 0.5) is 11.4 Å². The van der Waals surface area contributed by atoms with E-state index in [1.807, 2.05) is 18.2 Å². The van der Waals surface area contributed by atoms with E-state index >= 15 is 0 Å². The molecule has 4 rings (SSSR count). The number of anilines is 2. The highest BCUT2D eigenvalue weighted by atomic mass is 35.5. The minimum Gasteiger partial charge on any atom is -0.369 e. The fourth-order valence-electron chi connectivity index (χ4n) is 3.59. The lowest BCUT2D eigenvalue weighted by atomic mass is 10.0. The molecule has 2 heterocycles. The van der Waals surface area contributed by atoms with Crippen LogP contribution in [0.5, 0.6) is 0 Å². The number of carbonyl (C=O) groups excluding carboxylic acids is 1. The van der Waals surface area contributed by atoms with E-state index in [2.05, 4.69) is 40.0 Å². The van der Waals surface area contributed by atoms with E-state index in [9.17, 15) is 4.79 Å². The van der Waals surface area contributed by atoms with Crippen LogP contribution in [0.15, 0.2) is 53.5 Å². The number of amides is 1. The minimum atomic E-state index is -0.0227. The van der Waals surface area contributed by atoms with E-state index in [1.54, 1.807) is 17.0 Å². The first kappa shape index (κ1) is 18.0. The van der Waals surface area contributed by atoms with Crippen LogP contribution in [0.25, 0.3) is 0 Å². The van der Waals surface area contributed by atoms with Gasteiger partial charge in [0.25, 0.3) is 5.91 Å². The van der Waals surface area contributed by atoms with Crippen molar-refractivity contribution in [3.63, 3.8) is 0 Å². The third-order valence-corrected chi connectivity index (χ3v) is 5.48. The van der Waals surface area contributed by atoms with Crippen molar-refractivity contribution in [2.75, 3.05) is 49.7 Å². The van der Waals surface area contributed by atoms with Crippen LogP contribution >= 0.6 is 11.6 Å². The average molecular weight is 383 g/mol.